The number of nitrogens with zero attached hydrogens (tertiary/aromatic N) is 1. The third-order valence-electron chi connectivity index (χ3n) is 3.34. The number of amides is 2. The highest BCUT2D eigenvalue weighted by Gasteiger charge is 2.19. The molecule has 1 aliphatic heterocycles. The van der Waals surface area contributed by atoms with E-state index in [1.54, 1.807) is 4.90 Å². The van der Waals surface area contributed by atoms with Gasteiger partial charge in [-0.3, -0.25) is 20.4 Å². The number of hydrogen-bond donors (Lipinski definition) is 2. The summed E-state index contributed by atoms with van der Waals surface area (Å²) in [7, 11) is 0. The first-order valence-corrected chi connectivity index (χ1v) is 8.08. The second-order valence-corrected chi connectivity index (χ2v) is 6.29. The lowest BCUT2D eigenvalue weighted by Gasteiger charge is -2.20. The van der Waals surface area contributed by atoms with Crippen LogP contribution in [0.4, 0.5) is 5.69 Å². The molecule has 5 nitrogen and oxygen atoms in total. The lowest BCUT2D eigenvalue weighted by Crippen LogP contribution is -2.42. The van der Waals surface area contributed by atoms with Gasteiger partial charge < -0.3 is 4.90 Å². The highest BCUT2D eigenvalue weighted by molar-refractivity contribution is 6.41. The van der Waals surface area contributed by atoms with Crippen LogP contribution >= 0.6 is 34.8 Å². The van der Waals surface area contributed by atoms with E-state index in [9.17, 15) is 9.59 Å². The summed E-state index contributed by atoms with van der Waals surface area (Å²) < 4.78 is 0. The highest BCUT2D eigenvalue weighted by atomic mass is 35.5. The van der Waals surface area contributed by atoms with E-state index in [2.05, 4.69) is 10.9 Å². The second kappa shape index (κ2) is 7.90. The molecule has 1 aromatic rings. The number of hydrogen-bond acceptors (Lipinski definition) is 3. The van der Waals surface area contributed by atoms with E-state index in [1.807, 2.05) is 0 Å². The fraction of sp³-hybridized carbons (Fsp3) is 0.429. The van der Waals surface area contributed by atoms with Crippen molar-refractivity contribution in [2.75, 3.05) is 18.5 Å². The zero-order chi connectivity index (χ0) is 16.1. The number of halogens is 3. The third-order valence-corrected chi connectivity index (χ3v) is 4.15. The summed E-state index contributed by atoms with van der Waals surface area (Å²) in [5.74, 6) is -0.326. The number of anilines is 1. The van der Waals surface area contributed by atoms with Crippen LogP contribution in [0.1, 0.15) is 25.7 Å². The molecule has 120 valence electrons. The zero-order valence-corrected chi connectivity index (χ0v) is 14.1. The molecular weight excluding hydrogens is 349 g/mol. The van der Waals surface area contributed by atoms with Gasteiger partial charge in [0.05, 0.1) is 15.7 Å². The summed E-state index contributed by atoms with van der Waals surface area (Å²) in [6, 6.07) is 3.03. The average molecular weight is 365 g/mol. The first-order valence-electron chi connectivity index (χ1n) is 6.94. The molecule has 0 bridgehead atoms. The molecule has 2 amide bonds. The Morgan fingerprint density at radius 2 is 1.82 bits per heavy atom. The average Bonchev–Trinajstić information content (AvgIpc) is 2.63. The van der Waals surface area contributed by atoms with Gasteiger partial charge in [-0.15, -0.1) is 0 Å². The predicted octanol–water partition coefficient (Wildman–Crippen LogP) is 3.49. The topological polar surface area (TPSA) is 61.4 Å². The van der Waals surface area contributed by atoms with Crippen LogP contribution in [0.3, 0.4) is 0 Å². The Kier molecular flexibility index (Phi) is 6.17. The van der Waals surface area contributed by atoms with Gasteiger partial charge in [-0.2, -0.15) is 0 Å². The molecule has 1 aliphatic rings. The van der Waals surface area contributed by atoms with Crippen LogP contribution in [0.15, 0.2) is 12.1 Å². The fourth-order valence-corrected chi connectivity index (χ4v) is 3.12. The summed E-state index contributed by atoms with van der Waals surface area (Å²) in [5.41, 5.74) is 5.53. The maximum absolute atomic E-state index is 12.0. The van der Waals surface area contributed by atoms with Gasteiger partial charge >= 0.3 is 0 Å². The first-order chi connectivity index (χ1) is 10.5. The molecule has 0 aliphatic carbocycles. The number of benzene rings is 1. The van der Waals surface area contributed by atoms with Crippen molar-refractivity contribution in [3.8, 4) is 0 Å². The smallest absolute Gasteiger partial charge is 0.257 e. The third kappa shape index (κ3) is 4.66. The molecule has 1 fully saturated rings. The molecule has 0 spiro atoms. The molecule has 1 heterocycles. The molecule has 1 aromatic carbocycles. The zero-order valence-electron chi connectivity index (χ0n) is 11.8. The number of carbonyl (C=O) groups excluding carboxylic acids is 2. The van der Waals surface area contributed by atoms with E-state index < -0.39 is 0 Å². The molecule has 0 atom stereocenters. The lowest BCUT2D eigenvalue weighted by atomic mass is 10.2. The number of nitrogens with one attached hydrogen (secondary N) is 2. The van der Waals surface area contributed by atoms with Crippen molar-refractivity contribution in [3.63, 3.8) is 0 Å². The quantitative estimate of drug-likeness (QED) is 0.804. The summed E-state index contributed by atoms with van der Waals surface area (Å²) >= 11 is 17.8. The van der Waals surface area contributed by atoms with E-state index in [0.29, 0.717) is 33.7 Å². The van der Waals surface area contributed by atoms with Gasteiger partial charge in [-0.1, -0.05) is 41.2 Å². The maximum atomic E-state index is 12.0. The van der Waals surface area contributed by atoms with E-state index in [-0.39, 0.29) is 18.4 Å². The van der Waals surface area contributed by atoms with Crippen LogP contribution in [0.2, 0.25) is 15.1 Å². The molecular formula is C14H16Cl3N3O2. The minimum Gasteiger partial charge on any atom is -0.333 e. The van der Waals surface area contributed by atoms with Crippen LogP contribution in [-0.4, -0.2) is 29.8 Å². The molecule has 0 saturated carbocycles. The Balaban J connectivity index is 1.91. The Morgan fingerprint density at radius 1 is 1.14 bits per heavy atom. The van der Waals surface area contributed by atoms with Gasteiger partial charge in [0.2, 0.25) is 5.91 Å². The second-order valence-electron chi connectivity index (χ2n) is 5.04. The molecule has 8 heteroatoms. The van der Waals surface area contributed by atoms with Crippen molar-refractivity contribution in [1.82, 2.24) is 10.3 Å². The van der Waals surface area contributed by atoms with Crippen molar-refractivity contribution in [3.05, 3.63) is 27.2 Å². The predicted molar refractivity (Wildman–Crippen MR) is 88.3 cm³/mol. The molecule has 0 aromatic heterocycles. The fourth-order valence-electron chi connectivity index (χ4n) is 2.21. The minimum absolute atomic E-state index is 0.00859. The molecule has 2 rings (SSSR count). The Morgan fingerprint density at radius 3 is 2.50 bits per heavy atom. The van der Waals surface area contributed by atoms with Crippen molar-refractivity contribution in [2.24, 2.45) is 0 Å². The van der Waals surface area contributed by atoms with E-state index >= 15 is 0 Å². The molecule has 22 heavy (non-hydrogen) atoms. The number of hydrazine groups is 1. The van der Waals surface area contributed by atoms with Gasteiger partial charge in [-0.05, 0) is 25.0 Å². The summed E-state index contributed by atoms with van der Waals surface area (Å²) in [6.45, 7) is 0.614. The van der Waals surface area contributed by atoms with Crippen LogP contribution in [0.25, 0.3) is 0 Å². The Labute approximate surface area is 143 Å². The SMILES string of the molecule is O=C(CN1CCCCCC1=O)NNc1c(Cl)cc(Cl)cc1Cl. The van der Waals surface area contributed by atoms with Crippen molar-refractivity contribution in [1.29, 1.82) is 0 Å². The van der Waals surface area contributed by atoms with E-state index in [4.69, 9.17) is 34.8 Å². The molecule has 0 unspecified atom stereocenters. The van der Waals surface area contributed by atoms with E-state index in [0.717, 1.165) is 19.3 Å². The molecule has 2 N–H and O–H groups in total. The normalized spacial score (nSPS) is 15.4. The van der Waals surface area contributed by atoms with Crippen LogP contribution in [-0.2, 0) is 9.59 Å². The largest absolute Gasteiger partial charge is 0.333 e. The first kappa shape index (κ1) is 17.2. The van der Waals surface area contributed by atoms with Crippen LogP contribution in [0.5, 0.6) is 0 Å². The Hall–Kier alpha value is -1.17. The van der Waals surface area contributed by atoms with Crippen molar-refractivity contribution >= 4 is 52.3 Å². The summed E-state index contributed by atoms with van der Waals surface area (Å²) in [5, 5.41) is 0.995. The number of likely N-dealkylation sites (tertiary alicyclic amines) is 1. The standard InChI is InChI=1S/C14H16Cl3N3O2/c15-9-6-10(16)14(11(17)7-9)19-18-12(21)8-20-5-3-1-2-4-13(20)22/h6-7,19H,1-5,8H2,(H,18,21). The minimum atomic E-state index is -0.336. The highest BCUT2D eigenvalue weighted by Crippen LogP contribution is 2.33. The molecule has 1 saturated heterocycles. The van der Waals surface area contributed by atoms with Crippen molar-refractivity contribution in [2.45, 2.75) is 25.7 Å². The van der Waals surface area contributed by atoms with Crippen molar-refractivity contribution < 1.29 is 9.59 Å². The molecule has 0 radical (unpaired) electrons. The summed E-state index contributed by atoms with van der Waals surface area (Å²) in [6.07, 6.45) is 3.31. The van der Waals surface area contributed by atoms with Gasteiger partial charge in [0.1, 0.15) is 6.54 Å². The van der Waals surface area contributed by atoms with Gasteiger partial charge in [0, 0.05) is 18.0 Å². The van der Waals surface area contributed by atoms with E-state index in [1.165, 1.54) is 12.1 Å². The monoisotopic (exact) mass is 363 g/mol. The van der Waals surface area contributed by atoms with Crippen LogP contribution < -0.4 is 10.9 Å². The summed E-state index contributed by atoms with van der Waals surface area (Å²) in [4.78, 5) is 25.4. The number of rotatable bonds is 4. The van der Waals surface area contributed by atoms with Crippen LogP contribution in [0, 0.1) is 0 Å². The maximum Gasteiger partial charge on any atom is 0.257 e. The lowest BCUT2D eigenvalue weighted by molar-refractivity contribution is -0.135. The van der Waals surface area contributed by atoms with Gasteiger partial charge in [0.25, 0.3) is 5.91 Å². The van der Waals surface area contributed by atoms with Gasteiger partial charge in [-0.25, -0.2) is 0 Å². The van der Waals surface area contributed by atoms with Gasteiger partial charge in [0.15, 0.2) is 0 Å². The Bertz CT molecular complexity index is 557. The number of carbonyl (C=O) groups is 2.